The number of piperidine rings is 1. The van der Waals surface area contributed by atoms with Crippen LogP contribution in [0.3, 0.4) is 0 Å². The summed E-state index contributed by atoms with van der Waals surface area (Å²) in [5.74, 6) is -0.171. The van der Waals surface area contributed by atoms with Gasteiger partial charge in [-0.25, -0.2) is 0 Å². The number of carbonyl (C=O) groups is 2. The van der Waals surface area contributed by atoms with Crippen molar-refractivity contribution in [1.29, 1.82) is 0 Å². The molecule has 0 aromatic carbocycles. The van der Waals surface area contributed by atoms with Crippen LogP contribution in [0.5, 0.6) is 0 Å². The van der Waals surface area contributed by atoms with Crippen molar-refractivity contribution in [2.75, 3.05) is 13.1 Å². The van der Waals surface area contributed by atoms with Crippen LogP contribution >= 0.6 is 9.39 Å². The van der Waals surface area contributed by atoms with Crippen LogP contribution in [-0.4, -0.2) is 29.6 Å². The minimum absolute atomic E-state index is 0.0558. The Hall–Kier alpha value is -0.930. The number of nitrogens with two attached hydrogens (primary N) is 1. The standard InChI is InChI=1S/C10H18N3O2P/c11-9(14)1-4-12-10(15)7-8-2-5-13(16)6-3-8/h1,4,8H,2-3,5-7,16H2,(H2,11,14)(H,12,15)/b4-1-. The van der Waals surface area contributed by atoms with Gasteiger partial charge in [0.25, 0.3) is 0 Å². The van der Waals surface area contributed by atoms with E-state index in [-0.39, 0.29) is 5.91 Å². The van der Waals surface area contributed by atoms with E-state index in [2.05, 4.69) is 19.4 Å². The molecule has 0 bridgehead atoms. The van der Waals surface area contributed by atoms with E-state index in [4.69, 9.17) is 5.73 Å². The fourth-order valence-corrected chi connectivity index (χ4v) is 1.99. The zero-order valence-electron chi connectivity index (χ0n) is 9.19. The van der Waals surface area contributed by atoms with Crippen molar-refractivity contribution in [1.82, 2.24) is 9.99 Å². The van der Waals surface area contributed by atoms with Gasteiger partial charge in [0.2, 0.25) is 11.8 Å². The molecule has 1 saturated heterocycles. The topological polar surface area (TPSA) is 75.4 Å². The van der Waals surface area contributed by atoms with Crippen molar-refractivity contribution in [3.8, 4) is 0 Å². The van der Waals surface area contributed by atoms with Crippen LogP contribution < -0.4 is 11.1 Å². The zero-order valence-corrected chi connectivity index (χ0v) is 10.3. The molecule has 0 aromatic heterocycles. The number of nitrogens with one attached hydrogen (secondary N) is 1. The molecule has 1 aliphatic rings. The molecule has 16 heavy (non-hydrogen) atoms. The van der Waals surface area contributed by atoms with Gasteiger partial charge in [-0.05, 0) is 18.8 Å². The van der Waals surface area contributed by atoms with Crippen LogP contribution in [0.15, 0.2) is 12.3 Å². The molecule has 1 fully saturated rings. The van der Waals surface area contributed by atoms with Crippen LogP contribution in [0.2, 0.25) is 0 Å². The Bertz CT molecular complexity index is 286. The van der Waals surface area contributed by atoms with Crippen LogP contribution in [0.4, 0.5) is 0 Å². The highest BCUT2D eigenvalue weighted by Gasteiger charge is 2.18. The highest BCUT2D eigenvalue weighted by Crippen LogP contribution is 2.21. The molecule has 1 heterocycles. The van der Waals surface area contributed by atoms with E-state index in [0.717, 1.165) is 32.0 Å². The van der Waals surface area contributed by atoms with Gasteiger partial charge in [0, 0.05) is 31.8 Å². The van der Waals surface area contributed by atoms with E-state index in [1.165, 1.54) is 6.20 Å². The monoisotopic (exact) mass is 243 g/mol. The third-order valence-electron chi connectivity index (χ3n) is 2.62. The molecule has 0 saturated carbocycles. The third kappa shape index (κ3) is 5.24. The quantitative estimate of drug-likeness (QED) is 0.539. The second-order valence-corrected chi connectivity index (χ2v) is 4.72. The maximum atomic E-state index is 11.4. The van der Waals surface area contributed by atoms with Crippen molar-refractivity contribution >= 4 is 21.2 Å². The molecule has 1 rings (SSSR count). The lowest BCUT2D eigenvalue weighted by atomic mass is 9.94. The summed E-state index contributed by atoms with van der Waals surface area (Å²) in [4.78, 5) is 21.8. The van der Waals surface area contributed by atoms with E-state index < -0.39 is 5.91 Å². The van der Waals surface area contributed by atoms with Crippen molar-refractivity contribution in [3.05, 3.63) is 12.3 Å². The summed E-state index contributed by atoms with van der Waals surface area (Å²) in [6.07, 6.45) is 5.03. The van der Waals surface area contributed by atoms with Gasteiger partial charge in [-0.3, -0.25) is 14.3 Å². The number of primary amides is 1. The second-order valence-electron chi connectivity index (χ2n) is 3.99. The number of carbonyl (C=O) groups excluding carboxylic acids is 2. The lowest BCUT2D eigenvalue weighted by molar-refractivity contribution is -0.121. The maximum Gasteiger partial charge on any atom is 0.242 e. The Morgan fingerprint density at radius 3 is 2.62 bits per heavy atom. The Labute approximate surface area is 97.7 Å². The summed E-state index contributed by atoms with van der Waals surface area (Å²) in [7, 11) is 2.68. The van der Waals surface area contributed by atoms with Crippen molar-refractivity contribution in [3.63, 3.8) is 0 Å². The van der Waals surface area contributed by atoms with Crippen LogP contribution in [0, 0.1) is 5.92 Å². The van der Waals surface area contributed by atoms with Gasteiger partial charge in [-0.15, -0.1) is 0 Å². The molecule has 0 aromatic rings. The summed E-state index contributed by atoms with van der Waals surface area (Å²) < 4.78 is 2.18. The summed E-state index contributed by atoms with van der Waals surface area (Å²) in [6.45, 7) is 2.03. The molecule has 90 valence electrons. The number of hydrogen-bond donors (Lipinski definition) is 2. The Balaban J connectivity index is 2.21. The summed E-state index contributed by atoms with van der Waals surface area (Å²) in [5.41, 5.74) is 4.89. The first kappa shape index (κ1) is 13.1. The SMILES string of the molecule is NC(=O)/C=C\NC(=O)CC1CCN(P)CC1. The van der Waals surface area contributed by atoms with Crippen molar-refractivity contribution in [2.45, 2.75) is 19.3 Å². The van der Waals surface area contributed by atoms with Crippen LogP contribution in [0.1, 0.15) is 19.3 Å². The molecule has 1 unspecified atom stereocenters. The largest absolute Gasteiger partial charge is 0.366 e. The Kier molecular flexibility index (Phi) is 5.43. The van der Waals surface area contributed by atoms with Gasteiger partial charge < -0.3 is 11.1 Å². The predicted molar refractivity (Wildman–Crippen MR) is 65.1 cm³/mol. The van der Waals surface area contributed by atoms with E-state index in [9.17, 15) is 9.59 Å². The average molecular weight is 243 g/mol. The lowest BCUT2D eigenvalue weighted by Crippen LogP contribution is -2.29. The molecule has 0 spiro atoms. The van der Waals surface area contributed by atoms with E-state index in [1.54, 1.807) is 0 Å². The van der Waals surface area contributed by atoms with Gasteiger partial charge in [-0.1, -0.05) is 9.39 Å². The predicted octanol–water partition coefficient (Wildman–Crippen LogP) is -0.00620. The zero-order chi connectivity index (χ0) is 12.0. The second kappa shape index (κ2) is 6.61. The lowest BCUT2D eigenvalue weighted by Gasteiger charge is -2.28. The van der Waals surface area contributed by atoms with Gasteiger partial charge in [0.05, 0.1) is 0 Å². The van der Waals surface area contributed by atoms with E-state index in [0.29, 0.717) is 12.3 Å². The van der Waals surface area contributed by atoms with Crippen molar-refractivity contribution in [2.24, 2.45) is 11.7 Å². The molecular weight excluding hydrogens is 225 g/mol. The minimum atomic E-state index is -0.559. The molecule has 0 radical (unpaired) electrons. The molecule has 3 N–H and O–H groups in total. The van der Waals surface area contributed by atoms with Gasteiger partial charge in [-0.2, -0.15) is 0 Å². The Morgan fingerprint density at radius 1 is 1.44 bits per heavy atom. The number of amides is 2. The van der Waals surface area contributed by atoms with E-state index >= 15 is 0 Å². The highest BCUT2D eigenvalue weighted by atomic mass is 31.0. The number of hydrogen-bond acceptors (Lipinski definition) is 3. The first-order valence-electron chi connectivity index (χ1n) is 5.33. The molecule has 6 heteroatoms. The summed E-state index contributed by atoms with van der Waals surface area (Å²) >= 11 is 0. The van der Waals surface area contributed by atoms with Crippen LogP contribution in [-0.2, 0) is 9.59 Å². The summed E-state index contributed by atoms with van der Waals surface area (Å²) in [6, 6.07) is 0. The number of nitrogens with zero attached hydrogens (tertiary/aromatic N) is 1. The molecular formula is C10H18N3O2P. The fraction of sp³-hybridized carbons (Fsp3) is 0.600. The molecule has 1 atom stereocenters. The van der Waals surface area contributed by atoms with E-state index in [1.807, 2.05) is 0 Å². The maximum absolute atomic E-state index is 11.4. The van der Waals surface area contributed by atoms with Crippen LogP contribution in [0.25, 0.3) is 0 Å². The van der Waals surface area contributed by atoms with Gasteiger partial charge in [0.15, 0.2) is 0 Å². The Morgan fingerprint density at radius 2 is 2.06 bits per heavy atom. The third-order valence-corrected chi connectivity index (χ3v) is 3.13. The van der Waals surface area contributed by atoms with Gasteiger partial charge in [0.1, 0.15) is 0 Å². The van der Waals surface area contributed by atoms with Crippen molar-refractivity contribution < 1.29 is 9.59 Å². The molecule has 2 amide bonds. The first-order chi connectivity index (χ1) is 7.58. The van der Waals surface area contributed by atoms with Gasteiger partial charge >= 0.3 is 0 Å². The number of rotatable bonds is 4. The smallest absolute Gasteiger partial charge is 0.242 e. The molecule has 5 nitrogen and oxygen atoms in total. The molecule has 0 aliphatic carbocycles. The summed E-state index contributed by atoms with van der Waals surface area (Å²) in [5, 5.41) is 2.53. The molecule has 1 aliphatic heterocycles. The first-order valence-corrected chi connectivity index (χ1v) is 5.84. The minimum Gasteiger partial charge on any atom is -0.366 e. The highest BCUT2D eigenvalue weighted by molar-refractivity contribution is 7.13. The fourth-order valence-electron chi connectivity index (χ4n) is 1.69. The average Bonchev–Trinajstić information content (AvgIpc) is 2.21. The normalized spacial score (nSPS) is 18.8.